The van der Waals surface area contributed by atoms with Crippen molar-refractivity contribution in [2.24, 2.45) is 0 Å². The van der Waals surface area contributed by atoms with Gasteiger partial charge in [-0.1, -0.05) is 11.6 Å². The van der Waals surface area contributed by atoms with E-state index in [0.717, 1.165) is 12.1 Å². The molecule has 5 nitrogen and oxygen atoms in total. The van der Waals surface area contributed by atoms with Crippen LogP contribution in [0.15, 0.2) is 18.2 Å². The molecular weight excluding hydrogens is 381 g/mol. The first-order chi connectivity index (χ1) is 11.5. The molecule has 0 aliphatic carbocycles. The highest BCUT2D eigenvalue weighted by Gasteiger charge is 2.34. The van der Waals surface area contributed by atoms with Crippen LogP contribution < -0.4 is 5.32 Å². The zero-order valence-electron chi connectivity index (χ0n) is 13.4. The van der Waals surface area contributed by atoms with Crippen molar-refractivity contribution in [3.05, 3.63) is 28.8 Å². The Morgan fingerprint density at radius 3 is 2.64 bits per heavy atom. The van der Waals surface area contributed by atoms with Crippen LogP contribution >= 0.6 is 11.6 Å². The number of carbonyl (C=O) groups excluding carboxylic acids is 1. The molecule has 1 atom stereocenters. The van der Waals surface area contributed by atoms with Crippen LogP contribution in [0.2, 0.25) is 5.02 Å². The van der Waals surface area contributed by atoms with E-state index in [-0.39, 0.29) is 41.2 Å². The number of nitrogens with zero attached hydrogens (tertiary/aromatic N) is 1. The largest absolute Gasteiger partial charge is 0.418 e. The molecule has 0 radical (unpaired) electrons. The lowest BCUT2D eigenvalue weighted by Gasteiger charge is -2.22. The molecular formula is C15H18ClF3N2O3S. The number of alkyl halides is 3. The summed E-state index contributed by atoms with van der Waals surface area (Å²) in [6, 6.07) is 2.96. The maximum Gasteiger partial charge on any atom is 0.418 e. The van der Waals surface area contributed by atoms with E-state index in [2.05, 4.69) is 5.32 Å². The first-order valence-corrected chi connectivity index (χ1v) is 9.75. The Bertz CT molecular complexity index is 753. The second-order valence-electron chi connectivity index (χ2n) is 6.02. The first kappa shape index (κ1) is 20.0. The second-order valence-corrected chi connectivity index (χ2v) is 8.69. The number of carbonyl (C=O) groups is 1. The minimum Gasteiger partial charge on any atom is -0.325 e. The average Bonchev–Trinajstić information content (AvgIpc) is 2.86. The van der Waals surface area contributed by atoms with Gasteiger partial charge >= 0.3 is 6.18 Å². The molecule has 0 bridgehead atoms. The highest BCUT2D eigenvalue weighted by Crippen LogP contribution is 2.36. The van der Waals surface area contributed by atoms with Crippen LogP contribution in [-0.4, -0.2) is 50.4 Å². The third kappa shape index (κ3) is 5.58. The number of nitrogens with one attached hydrogen (secondary N) is 1. The van der Waals surface area contributed by atoms with E-state index < -0.39 is 27.5 Å². The number of benzene rings is 1. The topological polar surface area (TPSA) is 66.5 Å². The van der Waals surface area contributed by atoms with Crippen LogP contribution in [0.3, 0.4) is 0 Å². The van der Waals surface area contributed by atoms with Crippen molar-refractivity contribution in [3.63, 3.8) is 0 Å². The number of hydrogen-bond acceptors (Lipinski definition) is 4. The summed E-state index contributed by atoms with van der Waals surface area (Å²) in [4.78, 5) is 13.7. The fraction of sp³-hybridized carbons (Fsp3) is 0.533. The van der Waals surface area contributed by atoms with Gasteiger partial charge in [0, 0.05) is 24.0 Å². The third-order valence-corrected chi connectivity index (χ3v) is 6.07. The minimum atomic E-state index is -4.64. The molecule has 1 aliphatic rings. The van der Waals surface area contributed by atoms with E-state index in [9.17, 15) is 26.4 Å². The molecule has 2 rings (SSSR count). The fourth-order valence-corrected chi connectivity index (χ4v) is 4.63. The Kier molecular flexibility index (Phi) is 6.01. The summed E-state index contributed by atoms with van der Waals surface area (Å²) < 4.78 is 61.9. The van der Waals surface area contributed by atoms with E-state index in [1.807, 2.05) is 0 Å². The number of rotatable bonds is 5. The number of amides is 1. The molecule has 1 aromatic rings. The van der Waals surface area contributed by atoms with Gasteiger partial charge in [-0.05, 0) is 31.7 Å². The van der Waals surface area contributed by atoms with E-state index in [0.29, 0.717) is 6.42 Å². The van der Waals surface area contributed by atoms with Gasteiger partial charge in [0.15, 0.2) is 9.84 Å². The Labute approximate surface area is 149 Å². The van der Waals surface area contributed by atoms with Crippen LogP contribution in [-0.2, 0) is 20.8 Å². The van der Waals surface area contributed by atoms with Crippen molar-refractivity contribution < 1.29 is 26.4 Å². The van der Waals surface area contributed by atoms with E-state index in [4.69, 9.17) is 11.6 Å². The van der Waals surface area contributed by atoms with Crippen molar-refractivity contribution in [1.29, 1.82) is 0 Å². The molecule has 1 aromatic carbocycles. The predicted octanol–water partition coefficient (Wildman–Crippen LogP) is 2.81. The normalized spacial score (nSPS) is 20.0. The van der Waals surface area contributed by atoms with Crippen molar-refractivity contribution >= 4 is 33.0 Å². The highest BCUT2D eigenvalue weighted by molar-refractivity contribution is 7.91. The zero-order valence-corrected chi connectivity index (χ0v) is 15.0. The van der Waals surface area contributed by atoms with Gasteiger partial charge in [-0.15, -0.1) is 0 Å². The molecule has 10 heteroatoms. The summed E-state index contributed by atoms with van der Waals surface area (Å²) in [5, 5.41) is 2.17. The van der Waals surface area contributed by atoms with Gasteiger partial charge in [0.2, 0.25) is 5.91 Å². The van der Waals surface area contributed by atoms with Crippen molar-refractivity contribution in [1.82, 2.24) is 4.90 Å². The number of hydrogen-bond donors (Lipinski definition) is 1. The van der Waals surface area contributed by atoms with Gasteiger partial charge in [-0.25, -0.2) is 8.42 Å². The van der Waals surface area contributed by atoms with Crippen LogP contribution in [0.1, 0.15) is 18.4 Å². The molecule has 0 aromatic heterocycles. The van der Waals surface area contributed by atoms with Crippen LogP contribution in [0.5, 0.6) is 0 Å². The predicted molar refractivity (Wildman–Crippen MR) is 89.4 cm³/mol. The zero-order chi connectivity index (χ0) is 18.8. The minimum absolute atomic E-state index is 0.0422. The Morgan fingerprint density at radius 1 is 1.40 bits per heavy atom. The van der Waals surface area contributed by atoms with Crippen LogP contribution in [0.4, 0.5) is 18.9 Å². The van der Waals surface area contributed by atoms with Crippen molar-refractivity contribution in [3.8, 4) is 0 Å². The molecule has 0 saturated carbocycles. The Balaban J connectivity index is 1.95. The fourth-order valence-electron chi connectivity index (χ4n) is 2.66. The lowest BCUT2D eigenvalue weighted by Crippen LogP contribution is -2.35. The molecule has 1 amide bonds. The van der Waals surface area contributed by atoms with Crippen molar-refractivity contribution in [2.45, 2.75) is 25.1 Å². The van der Waals surface area contributed by atoms with Gasteiger partial charge in [0.25, 0.3) is 0 Å². The van der Waals surface area contributed by atoms with Crippen molar-refractivity contribution in [2.75, 3.05) is 30.4 Å². The molecule has 1 fully saturated rings. The van der Waals surface area contributed by atoms with Crippen LogP contribution in [0.25, 0.3) is 0 Å². The lowest BCUT2D eigenvalue weighted by atomic mass is 10.1. The summed E-state index contributed by atoms with van der Waals surface area (Å²) in [7, 11) is -1.34. The second kappa shape index (κ2) is 7.51. The average molecular weight is 399 g/mol. The smallest absolute Gasteiger partial charge is 0.325 e. The summed E-state index contributed by atoms with van der Waals surface area (Å²) in [5.41, 5.74) is -1.36. The molecule has 1 N–H and O–H groups in total. The van der Waals surface area contributed by atoms with Gasteiger partial charge in [0.05, 0.1) is 22.8 Å². The SMILES string of the molecule is CN(CCC(=O)Nc1ccc(Cl)cc1C(F)(F)F)C1CCS(=O)(=O)C1. The molecule has 1 unspecified atom stereocenters. The number of sulfone groups is 1. The monoisotopic (exact) mass is 398 g/mol. The molecule has 25 heavy (non-hydrogen) atoms. The van der Waals surface area contributed by atoms with E-state index in [1.54, 1.807) is 11.9 Å². The van der Waals surface area contributed by atoms with Crippen LogP contribution in [0, 0.1) is 0 Å². The molecule has 140 valence electrons. The molecule has 1 aliphatic heterocycles. The Morgan fingerprint density at radius 2 is 2.08 bits per heavy atom. The quantitative estimate of drug-likeness (QED) is 0.828. The first-order valence-electron chi connectivity index (χ1n) is 7.55. The maximum absolute atomic E-state index is 13.0. The van der Waals surface area contributed by atoms with Gasteiger partial charge in [0.1, 0.15) is 0 Å². The standard InChI is InChI=1S/C15H18ClF3N2O3S/c1-21(11-5-7-25(23,24)9-11)6-4-14(22)20-13-3-2-10(16)8-12(13)15(17,18)19/h2-3,8,11H,4-7,9H2,1H3,(H,20,22). The Hall–Kier alpha value is -1.32. The summed E-state index contributed by atoms with van der Waals surface area (Å²) >= 11 is 5.59. The lowest BCUT2D eigenvalue weighted by molar-refractivity contribution is -0.137. The summed E-state index contributed by atoms with van der Waals surface area (Å²) in [5.74, 6) is -0.422. The van der Waals surface area contributed by atoms with E-state index in [1.165, 1.54) is 6.07 Å². The van der Waals surface area contributed by atoms with Gasteiger partial charge in [-0.2, -0.15) is 13.2 Å². The maximum atomic E-state index is 13.0. The van der Waals surface area contributed by atoms with Gasteiger partial charge in [-0.3, -0.25) is 4.79 Å². The molecule has 0 spiro atoms. The van der Waals surface area contributed by atoms with E-state index >= 15 is 0 Å². The third-order valence-electron chi connectivity index (χ3n) is 4.08. The number of anilines is 1. The summed E-state index contributed by atoms with van der Waals surface area (Å²) in [6.45, 7) is 0.251. The highest BCUT2D eigenvalue weighted by atomic mass is 35.5. The molecule has 1 heterocycles. The summed E-state index contributed by atoms with van der Waals surface area (Å²) in [6.07, 6.45) is -4.19. The van der Waals surface area contributed by atoms with Gasteiger partial charge < -0.3 is 10.2 Å². The molecule has 1 saturated heterocycles. The number of halogens is 4.